The van der Waals surface area contributed by atoms with Crippen molar-refractivity contribution in [1.82, 2.24) is 14.5 Å². The Kier molecular flexibility index (Phi) is 7.32. The van der Waals surface area contributed by atoms with Crippen molar-refractivity contribution in [3.05, 3.63) is 29.8 Å². The van der Waals surface area contributed by atoms with Crippen molar-refractivity contribution in [3.63, 3.8) is 0 Å². The van der Waals surface area contributed by atoms with Crippen LogP contribution in [0, 0.1) is 6.92 Å². The molecule has 0 saturated carbocycles. The van der Waals surface area contributed by atoms with Crippen LogP contribution in [0.5, 0.6) is 5.75 Å². The van der Waals surface area contributed by atoms with E-state index in [1.165, 1.54) is 7.11 Å². The van der Waals surface area contributed by atoms with E-state index in [1.807, 2.05) is 30.0 Å². The largest absolute Gasteiger partial charge is 0.484 e. The maximum atomic E-state index is 12.9. The van der Waals surface area contributed by atoms with E-state index in [0.717, 1.165) is 9.87 Å². The summed E-state index contributed by atoms with van der Waals surface area (Å²) in [6.45, 7) is 3.03. The molecule has 1 N–H and O–H groups in total. The van der Waals surface area contributed by atoms with Crippen LogP contribution in [0.1, 0.15) is 18.4 Å². The molecule has 2 saturated heterocycles. The first-order valence-electron chi connectivity index (χ1n) is 10.1. The molecule has 3 rings (SSSR count). The Hall–Kier alpha value is -2.17. The Morgan fingerprint density at radius 2 is 2.13 bits per heavy atom. The summed E-state index contributed by atoms with van der Waals surface area (Å²) in [6, 6.07) is 6.67. The maximum absolute atomic E-state index is 12.9. The highest BCUT2D eigenvalue weighted by molar-refractivity contribution is 7.89. The number of ether oxygens (including phenoxy) is 2. The van der Waals surface area contributed by atoms with Crippen LogP contribution in [0.2, 0.25) is 0 Å². The van der Waals surface area contributed by atoms with Crippen molar-refractivity contribution in [2.75, 3.05) is 45.7 Å². The summed E-state index contributed by atoms with van der Waals surface area (Å²) in [7, 11) is -2.10. The summed E-state index contributed by atoms with van der Waals surface area (Å²) in [5.74, 6) is -0.176. The zero-order valence-electron chi connectivity index (χ0n) is 17.4. The Bertz CT molecular complexity index is 875. The standard InChI is InChI=1S/C20H29N3O6S/c1-15-5-3-6-17(11-15)29-14-19(24)21-16-12-18-20(25)23(7-4-9-28-2)30(26,27)10-8-22(18)13-16/h3,5-6,11,16,18H,4,7-10,12-14H2,1-2H3,(H,21,24). The number of hydrogen-bond donors (Lipinski definition) is 1. The topological polar surface area (TPSA) is 105 Å². The first-order valence-corrected chi connectivity index (χ1v) is 11.7. The second-order valence-electron chi connectivity index (χ2n) is 7.69. The average molecular weight is 440 g/mol. The predicted molar refractivity (Wildman–Crippen MR) is 111 cm³/mol. The van der Waals surface area contributed by atoms with E-state index < -0.39 is 22.0 Å². The molecular weight excluding hydrogens is 410 g/mol. The molecule has 2 aliphatic rings. The number of benzene rings is 1. The molecule has 2 unspecified atom stereocenters. The van der Waals surface area contributed by atoms with Gasteiger partial charge in [-0.05, 0) is 37.5 Å². The Morgan fingerprint density at radius 3 is 2.87 bits per heavy atom. The van der Waals surface area contributed by atoms with E-state index in [4.69, 9.17) is 9.47 Å². The second kappa shape index (κ2) is 9.76. The van der Waals surface area contributed by atoms with Gasteiger partial charge in [0.25, 0.3) is 11.8 Å². The number of amides is 2. The van der Waals surface area contributed by atoms with Crippen LogP contribution < -0.4 is 10.1 Å². The highest BCUT2D eigenvalue weighted by Gasteiger charge is 2.45. The minimum Gasteiger partial charge on any atom is -0.484 e. The van der Waals surface area contributed by atoms with E-state index in [2.05, 4.69) is 5.32 Å². The van der Waals surface area contributed by atoms with E-state index >= 15 is 0 Å². The molecule has 2 aliphatic heterocycles. The molecule has 2 heterocycles. The molecule has 0 aromatic heterocycles. The zero-order chi connectivity index (χ0) is 21.7. The van der Waals surface area contributed by atoms with Crippen LogP contribution in [0.25, 0.3) is 0 Å². The lowest BCUT2D eigenvalue weighted by Crippen LogP contribution is -2.45. The third kappa shape index (κ3) is 5.50. The highest BCUT2D eigenvalue weighted by Crippen LogP contribution is 2.25. The van der Waals surface area contributed by atoms with Crippen molar-refractivity contribution < 1.29 is 27.5 Å². The van der Waals surface area contributed by atoms with E-state index in [0.29, 0.717) is 31.7 Å². The monoisotopic (exact) mass is 439 g/mol. The van der Waals surface area contributed by atoms with Gasteiger partial charge in [-0.2, -0.15) is 0 Å². The quantitative estimate of drug-likeness (QED) is 0.575. The first-order chi connectivity index (χ1) is 14.3. The van der Waals surface area contributed by atoms with Crippen LogP contribution in [0.3, 0.4) is 0 Å². The summed E-state index contributed by atoms with van der Waals surface area (Å²) in [5, 5.41) is 2.90. The number of rotatable bonds is 8. The van der Waals surface area contributed by atoms with Gasteiger partial charge < -0.3 is 14.8 Å². The number of hydrogen-bond acceptors (Lipinski definition) is 7. The van der Waals surface area contributed by atoms with Crippen LogP contribution >= 0.6 is 0 Å². The van der Waals surface area contributed by atoms with E-state index in [1.54, 1.807) is 6.07 Å². The van der Waals surface area contributed by atoms with Gasteiger partial charge in [0.15, 0.2) is 6.61 Å². The lowest BCUT2D eigenvalue weighted by molar-refractivity contribution is -0.130. The third-order valence-corrected chi connectivity index (χ3v) is 7.07. The smallest absolute Gasteiger partial charge is 0.258 e. The fourth-order valence-corrected chi connectivity index (χ4v) is 5.37. The summed E-state index contributed by atoms with van der Waals surface area (Å²) in [6.07, 6.45) is 0.829. The van der Waals surface area contributed by atoms with Crippen molar-refractivity contribution in [3.8, 4) is 5.75 Å². The van der Waals surface area contributed by atoms with Gasteiger partial charge in [-0.15, -0.1) is 0 Å². The number of methoxy groups -OCH3 is 1. The van der Waals surface area contributed by atoms with Crippen LogP contribution in [0.15, 0.2) is 24.3 Å². The number of aryl methyl sites for hydroxylation is 1. The molecule has 0 bridgehead atoms. The molecule has 0 spiro atoms. The lowest BCUT2D eigenvalue weighted by Gasteiger charge is -2.23. The molecule has 10 heteroatoms. The van der Waals surface area contributed by atoms with Gasteiger partial charge in [0, 0.05) is 39.4 Å². The van der Waals surface area contributed by atoms with E-state index in [-0.39, 0.29) is 37.4 Å². The summed E-state index contributed by atoms with van der Waals surface area (Å²) >= 11 is 0. The number of sulfonamides is 1. The molecule has 2 atom stereocenters. The molecule has 0 radical (unpaired) electrons. The van der Waals surface area contributed by atoms with Crippen LogP contribution in [0.4, 0.5) is 0 Å². The van der Waals surface area contributed by atoms with Gasteiger partial charge in [0.1, 0.15) is 5.75 Å². The molecule has 166 valence electrons. The fraction of sp³-hybridized carbons (Fsp3) is 0.600. The van der Waals surface area contributed by atoms with Crippen LogP contribution in [-0.2, 0) is 24.3 Å². The summed E-state index contributed by atoms with van der Waals surface area (Å²) < 4.78 is 36.5. The molecule has 1 aromatic carbocycles. The number of nitrogens with one attached hydrogen (secondary N) is 1. The normalized spacial score (nSPS) is 23.7. The van der Waals surface area contributed by atoms with Crippen molar-refractivity contribution in [2.24, 2.45) is 0 Å². The number of nitrogens with zero attached hydrogens (tertiary/aromatic N) is 2. The number of carbonyl (C=O) groups is 2. The Morgan fingerprint density at radius 1 is 1.33 bits per heavy atom. The molecule has 1 aromatic rings. The van der Waals surface area contributed by atoms with Crippen LogP contribution in [-0.4, -0.2) is 87.2 Å². The molecular formula is C20H29N3O6S. The summed E-state index contributed by atoms with van der Waals surface area (Å²) in [5.41, 5.74) is 1.04. The predicted octanol–water partition coefficient (Wildman–Crippen LogP) is 0.141. The Labute approximate surface area is 177 Å². The maximum Gasteiger partial charge on any atom is 0.258 e. The average Bonchev–Trinajstić information content (AvgIpc) is 3.07. The molecule has 0 aliphatic carbocycles. The number of fused-ring (bicyclic) bond motifs is 1. The van der Waals surface area contributed by atoms with Gasteiger partial charge in [-0.1, -0.05) is 12.1 Å². The van der Waals surface area contributed by atoms with Gasteiger partial charge in [-0.25, -0.2) is 12.7 Å². The zero-order valence-corrected chi connectivity index (χ0v) is 18.2. The molecule has 30 heavy (non-hydrogen) atoms. The van der Waals surface area contributed by atoms with Crippen molar-refractivity contribution in [1.29, 1.82) is 0 Å². The van der Waals surface area contributed by atoms with Crippen molar-refractivity contribution in [2.45, 2.75) is 31.8 Å². The molecule has 9 nitrogen and oxygen atoms in total. The van der Waals surface area contributed by atoms with Crippen molar-refractivity contribution >= 4 is 21.8 Å². The minimum atomic E-state index is -3.64. The lowest BCUT2D eigenvalue weighted by atomic mass is 10.1. The highest BCUT2D eigenvalue weighted by atomic mass is 32.2. The molecule has 2 amide bonds. The SMILES string of the molecule is COCCCN1C(=O)C2CC(NC(=O)COc3cccc(C)c3)CN2CCS1(=O)=O. The van der Waals surface area contributed by atoms with Gasteiger partial charge >= 0.3 is 0 Å². The second-order valence-corrected chi connectivity index (χ2v) is 9.70. The Balaban J connectivity index is 1.56. The summed E-state index contributed by atoms with van der Waals surface area (Å²) in [4.78, 5) is 27.1. The minimum absolute atomic E-state index is 0.112. The fourth-order valence-electron chi connectivity index (χ4n) is 3.88. The van der Waals surface area contributed by atoms with E-state index in [9.17, 15) is 18.0 Å². The number of carbonyl (C=O) groups excluding carboxylic acids is 2. The first kappa shape index (κ1) is 22.5. The third-order valence-electron chi connectivity index (χ3n) is 5.34. The van der Waals surface area contributed by atoms with Gasteiger partial charge in [-0.3, -0.25) is 14.5 Å². The van der Waals surface area contributed by atoms with Gasteiger partial charge in [0.2, 0.25) is 10.0 Å². The molecule has 2 fully saturated rings. The van der Waals surface area contributed by atoms with Gasteiger partial charge in [0.05, 0.1) is 11.8 Å².